The van der Waals surface area contributed by atoms with Crippen molar-refractivity contribution < 1.29 is 4.74 Å². The zero-order valence-corrected chi connectivity index (χ0v) is 16.8. The molecule has 0 saturated heterocycles. The largest absolute Gasteiger partial charge is 0.494 e. The van der Waals surface area contributed by atoms with Crippen LogP contribution in [0.15, 0.2) is 23.5 Å². The molecular formula is C21H37BrO. The molecule has 0 aliphatic heterocycles. The molecule has 0 radical (unpaired) electrons. The molecule has 1 rings (SSSR count). The van der Waals surface area contributed by atoms with Crippen molar-refractivity contribution in [1.29, 1.82) is 0 Å². The number of halogens is 1. The molecule has 23 heavy (non-hydrogen) atoms. The van der Waals surface area contributed by atoms with E-state index in [1.54, 1.807) is 5.57 Å². The Morgan fingerprint density at radius 3 is 2.39 bits per heavy atom. The molecule has 0 bridgehead atoms. The fourth-order valence-corrected chi connectivity index (χ4v) is 3.31. The average molecular weight is 385 g/mol. The Morgan fingerprint density at radius 2 is 1.70 bits per heavy atom. The Balaban J connectivity index is 2.11. The Bertz CT molecular complexity index is 327. The summed E-state index contributed by atoms with van der Waals surface area (Å²) in [6.07, 6.45) is 22.9. The van der Waals surface area contributed by atoms with E-state index >= 15 is 0 Å². The maximum Gasteiger partial charge on any atom is 0.106 e. The molecule has 1 nitrogen and oxygen atoms in total. The van der Waals surface area contributed by atoms with Crippen LogP contribution in [-0.4, -0.2) is 11.9 Å². The van der Waals surface area contributed by atoms with Gasteiger partial charge in [0.05, 0.1) is 5.76 Å². The van der Waals surface area contributed by atoms with Crippen molar-refractivity contribution in [2.75, 3.05) is 11.9 Å². The van der Waals surface area contributed by atoms with Crippen molar-refractivity contribution in [3.63, 3.8) is 0 Å². The van der Waals surface area contributed by atoms with Gasteiger partial charge < -0.3 is 4.74 Å². The van der Waals surface area contributed by atoms with Crippen LogP contribution in [0, 0.1) is 0 Å². The molecule has 1 aliphatic carbocycles. The summed E-state index contributed by atoms with van der Waals surface area (Å²) >= 11 is 3.50. The summed E-state index contributed by atoms with van der Waals surface area (Å²) in [6.45, 7) is 3.04. The predicted octanol–water partition coefficient (Wildman–Crippen LogP) is 7.70. The number of unbranched alkanes of at least 4 members (excludes halogenated alkanes) is 8. The van der Waals surface area contributed by atoms with Crippen molar-refractivity contribution in [1.82, 2.24) is 0 Å². The number of alkyl halides is 1. The molecular weight excluding hydrogens is 348 g/mol. The van der Waals surface area contributed by atoms with Gasteiger partial charge in [-0.2, -0.15) is 0 Å². The molecule has 2 heteroatoms. The fourth-order valence-electron chi connectivity index (χ4n) is 2.92. The fraction of sp³-hybridized carbons (Fsp3) is 0.810. The highest BCUT2D eigenvalue weighted by molar-refractivity contribution is 9.09. The highest BCUT2D eigenvalue weighted by Crippen LogP contribution is 2.31. The van der Waals surface area contributed by atoms with Crippen LogP contribution in [0.25, 0.3) is 0 Å². The molecule has 1 aliphatic rings. The first kappa shape index (κ1) is 20.8. The molecule has 0 aromatic heterocycles. The third kappa shape index (κ3) is 11.0. The molecule has 1 fully saturated rings. The third-order valence-corrected chi connectivity index (χ3v) is 5.19. The van der Waals surface area contributed by atoms with Crippen LogP contribution in [0.4, 0.5) is 0 Å². The summed E-state index contributed by atoms with van der Waals surface area (Å²) in [5, 5.41) is 1.15. The Labute approximate surface area is 153 Å². The van der Waals surface area contributed by atoms with Crippen molar-refractivity contribution >= 4 is 15.9 Å². The smallest absolute Gasteiger partial charge is 0.106 e. The molecule has 0 atom stereocenters. The van der Waals surface area contributed by atoms with Crippen molar-refractivity contribution in [2.24, 2.45) is 0 Å². The van der Waals surface area contributed by atoms with E-state index in [-0.39, 0.29) is 0 Å². The summed E-state index contributed by atoms with van der Waals surface area (Å²) in [5.41, 5.74) is 1.60. The van der Waals surface area contributed by atoms with E-state index in [0.717, 1.165) is 18.4 Å². The number of ether oxygens (including phenoxy) is 1. The zero-order valence-electron chi connectivity index (χ0n) is 15.3. The molecule has 1 saturated carbocycles. The maximum atomic E-state index is 6.09. The predicted molar refractivity (Wildman–Crippen MR) is 106 cm³/mol. The second-order valence-electron chi connectivity index (χ2n) is 6.72. The zero-order chi connectivity index (χ0) is 16.6. The summed E-state index contributed by atoms with van der Waals surface area (Å²) in [6, 6.07) is 0. The van der Waals surface area contributed by atoms with Crippen LogP contribution in [-0.2, 0) is 4.74 Å². The summed E-state index contributed by atoms with van der Waals surface area (Å²) in [5.74, 6) is 1.33. The van der Waals surface area contributed by atoms with Crippen molar-refractivity contribution in [3.05, 3.63) is 23.5 Å². The first-order valence-corrected chi connectivity index (χ1v) is 11.0. The van der Waals surface area contributed by atoms with Gasteiger partial charge in [0.15, 0.2) is 0 Å². The Hall–Kier alpha value is -0.240. The van der Waals surface area contributed by atoms with Gasteiger partial charge in [0.2, 0.25) is 0 Å². The highest BCUT2D eigenvalue weighted by atomic mass is 79.9. The molecule has 0 amide bonds. The lowest BCUT2D eigenvalue weighted by atomic mass is 9.90. The lowest BCUT2D eigenvalue weighted by molar-refractivity contribution is 0.222. The lowest BCUT2D eigenvalue weighted by Crippen LogP contribution is -2.05. The van der Waals surface area contributed by atoms with Gasteiger partial charge >= 0.3 is 0 Å². The van der Waals surface area contributed by atoms with E-state index in [2.05, 4.69) is 35.0 Å². The molecule has 0 heterocycles. The standard InChI is InChI=1S/C21H37BrO/c1-2-3-4-5-6-10-13-19-23-21(20-15-14-16-20)17-11-8-7-9-12-18-22/h10,13H,2-9,11-12,14-19H2,1H3/b13-10-. The van der Waals surface area contributed by atoms with Crippen LogP contribution in [0.3, 0.4) is 0 Å². The van der Waals surface area contributed by atoms with E-state index in [1.807, 2.05) is 0 Å². The molecule has 134 valence electrons. The Morgan fingerprint density at radius 1 is 0.957 bits per heavy atom. The SMILES string of the molecule is CCCCCC/C=C\COC(CCCCCCCBr)=C1CCC1. The summed E-state index contributed by atoms with van der Waals surface area (Å²) in [4.78, 5) is 0. The quantitative estimate of drug-likeness (QED) is 0.121. The number of hydrogen-bond donors (Lipinski definition) is 0. The van der Waals surface area contributed by atoms with E-state index < -0.39 is 0 Å². The van der Waals surface area contributed by atoms with Crippen LogP contribution < -0.4 is 0 Å². The highest BCUT2D eigenvalue weighted by Gasteiger charge is 2.15. The number of allylic oxidation sites excluding steroid dienone is 3. The molecule has 0 aromatic rings. The van der Waals surface area contributed by atoms with Gasteiger partial charge in [-0.15, -0.1) is 0 Å². The van der Waals surface area contributed by atoms with Crippen molar-refractivity contribution in [2.45, 2.75) is 96.8 Å². The first-order chi connectivity index (χ1) is 11.4. The second kappa shape index (κ2) is 15.3. The molecule has 0 unspecified atom stereocenters. The van der Waals surface area contributed by atoms with Crippen LogP contribution in [0.2, 0.25) is 0 Å². The minimum absolute atomic E-state index is 0.774. The number of rotatable bonds is 15. The van der Waals surface area contributed by atoms with Gasteiger partial charge in [-0.1, -0.05) is 73.5 Å². The van der Waals surface area contributed by atoms with Gasteiger partial charge in [0.25, 0.3) is 0 Å². The van der Waals surface area contributed by atoms with Crippen molar-refractivity contribution in [3.8, 4) is 0 Å². The van der Waals surface area contributed by atoms with E-state index in [0.29, 0.717) is 0 Å². The lowest BCUT2D eigenvalue weighted by Gasteiger charge is -2.22. The molecule has 0 aromatic carbocycles. The summed E-state index contributed by atoms with van der Waals surface area (Å²) < 4.78 is 6.09. The Kier molecular flexibility index (Phi) is 13.8. The van der Waals surface area contributed by atoms with Crippen LogP contribution in [0.1, 0.15) is 96.8 Å². The third-order valence-electron chi connectivity index (χ3n) is 4.63. The van der Waals surface area contributed by atoms with E-state index in [9.17, 15) is 0 Å². The monoisotopic (exact) mass is 384 g/mol. The maximum absolute atomic E-state index is 6.09. The topological polar surface area (TPSA) is 9.23 Å². The second-order valence-corrected chi connectivity index (χ2v) is 7.51. The number of hydrogen-bond acceptors (Lipinski definition) is 1. The van der Waals surface area contributed by atoms with Crippen LogP contribution in [0.5, 0.6) is 0 Å². The average Bonchev–Trinajstić information content (AvgIpc) is 2.51. The van der Waals surface area contributed by atoms with Crippen LogP contribution >= 0.6 is 15.9 Å². The van der Waals surface area contributed by atoms with Gasteiger partial charge in [-0.25, -0.2) is 0 Å². The minimum Gasteiger partial charge on any atom is -0.494 e. The van der Waals surface area contributed by atoms with Gasteiger partial charge in [0, 0.05) is 11.8 Å². The van der Waals surface area contributed by atoms with Gasteiger partial charge in [0.1, 0.15) is 6.61 Å². The van der Waals surface area contributed by atoms with Gasteiger partial charge in [-0.05, 0) is 50.5 Å². The molecule has 0 N–H and O–H groups in total. The summed E-state index contributed by atoms with van der Waals surface area (Å²) in [7, 11) is 0. The molecule has 0 spiro atoms. The van der Waals surface area contributed by atoms with E-state index in [4.69, 9.17) is 4.74 Å². The van der Waals surface area contributed by atoms with E-state index in [1.165, 1.54) is 89.2 Å². The minimum atomic E-state index is 0.774. The normalized spacial score (nSPS) is 14.3. The first-order valence-electron chi connectivity index (χ1n) is 9.93. The van der Waals surface area contributed by atoms with Gasteiger partial charge in [-0.3, -0.25) is 0 Å².